The number of ether oxygens (including phenoxy) is 1. The van der Waals surface area contributed by atoms with E-state index >= 15 is 0 Å². The fourth-order valence-corrected chi connectivity index (χ4v) is 1.60. The van der Waals surface area contributed by atoms with Gasteiger partial charge in [0.2, 0.25) is 0 Å². The average molecular weight is 216 g/mol. The Labute approximate surface area is 94.9 Å². The van der Waals surface area contributed by atoms with Gasteiger partial charge in [0.15, 0.2) is 0 Å². The van der Waals surface area contributed by atoms with Gasteiger partial charge in [0.1, 0.15) is 5.75 Å². The fraction of sp³-hybridized carbons (Fsp3) is 0.231. The maximum atomic E-state index is 5.66. The van der Waals surface area contributed by atoms with Crippen molar-refractivity contribution in [2.24, 2.45) is 5.73 Å². The van der Waals surface area contributed by atoms with E-state index in [1.165, 1.54) is 5.39 Å². The third-order valence-corrected chi connectivity index (χ3v) is 2.43. The molecule has 0 aliphatic heterocycles. The van der Waals surface area contributed by atoms with Gasteiger partial charge in [-0.1, -0.05) is 6.08 Å². The molecule has 2 aromatic rings. The van der Waals surface area contributed by atoms with Crippen LogP contribution in [0.4, 0.5) is 0 Å². The van der Waals surface area contributed by atoms with E-state index in [0.29, 0.717) is 0 Å². The molecular weight excluding hydrogens is 200 g/mol. The number of fused-ring (bicyclic) bond motifs is 1. The first kappa shape index (κ1) is 10.8. The molecule has 84 valence electrons. The van der Waals surface area contributed by atoms with Crippen LogP contribution in [0.25, 0.3) is 17.0 Å². The number of aromatic amines is 1. The van der Waals surface area contributed by atoms with Crippen LogP contribution < -0.4 is 10.5 Å². The summed E-state index contributed by atoms with van der Waals surface area (Å²) in [5.41, 5.74) is 7.79. The van der Waals surface area contributed by atoms with E-state index in [1.54, 1.807) is 7.11 Å². The highest BCUT2D eigenvalue weighted by molar-refractivity contribution is 5.83. The zero-order valence-electron chi connectivity index (χ0n) is 9.53. The SMILES string of the molecule is COc1ccc2cc(/C=C/C(C)N)[nH]c2c1. The van der Waals surface area contributed by atoms with Crippen LogP contribution in [0, 0.1) is 0 Å². The first-order valence-corrected chi connectivity index (χ1v) is 5.29. The molecule has 3 N–H and O–H groups in total. The van der Waals surface area contributed by atoms with Crippen molar-refractivity contribution < 1.29 is 4.74 Å². The van der Waals surface area contributed by atoms with Gasteiger partial charge in [0, 0.05) is 28.7 Å². The van der Waals surface area contributed by atoms with Gasteiger partial charge in [-0.2, -0.15) is 0 Å². The molecule has 0 fully saturated rings. The third-order valence-electron chi connectivity index (χ3n) is 2.43. The first-order valence-electron chi connectivity index (χ1n) is 5.29. The van der Waals surface area contributed by atoms with Gasteiger partial charge in [-0.3, -0.25) is 0 Å². The molecule has 0 saturated carbocycles. The van der Waals surface area contributed by atoms with Crippen molar-refractivity contribution in [2.75, 3.05) is 7.11 Å². The lowest BCUT2D eigenvalue weighted by molar-refractivity contribution is 0.415. The van der Waals surface area contributed by atoms with Crippen molar-refractivity contribution in [3.05, 3.63) is 36.0 Å². The van der Waals surface area contributed by atoms with Crippen LogP contribution >= 0.6 is 0 Å². The monoisotopic (exact) mass is 216 g/mol. The van der Waals surface area contributed by atoms with Crippen LogP contribution in [0.5, 0.6) is 5.75 Å². The molecule has 3 heteroatoms. The number of methoxy groups -OCH3 is 1. The first-order chi connectivity index (χ1) is 7.69. The average Bonchev–Trinajstić information content (AvgIpc) is 2.67. The van der Waals surface area contributed by atoms with Crippen molar-refractivity contribution in [3.63, 3.8) is 0 Å². The number of aromatic nitrogens is 1. The predicted octanol–water partition coefficient (Wildman–Crippen LogP) is 2.54. The zero-order chi connectivity index (χ0) is 11.5. The van der Waals surface area contributed by atoms with Gasteiger partial charge in [-0.25, -0.2) is 0 Å². The van der Waals surface area contributed by atoms with E-state index < -0.39 is 0 Å². The van der Waals surface area contributed by atoms with Crippen LogP contribution in [-0.4, -0.2) is 18.1 Å². The Hall–Kier alpha value is -1.74. The van der Waals surface area contributed by atoms with Crippen LogP contribution in [0.1, 0.15) is 12.6 Å². The minimum Gasteiger partial charge on any atom is -0.497 e. The van der Waals surface area contributed by atoms with Crippen molar-refractivity contribution in [3.8, 4) is 5.75 Å². The lowest BCUT2D eigenvalue weighted by Gasteiger charge is -1.97. The summed E-state index contributed by atoms with van der Waals surface area (Å²) in [5, 5.41) is 1.17. The normalized spacial score (nSPS) is 13.4. The van der Waals surface area contributed by atoms with E-state index in [0.717, 1.165) is 17.0 Å². The summed E-state index contributed by atoms with van der Waals surface area (Å²) < 4.78 is 5.17. The zero-order valence-corrected chi connectivity index (χ0v) is 9.53. The van der Waals surface area contributed by atoms with Crippen molar-refractivity contribution in [1.29, 1.82) is 0 Å². The maximum absolute atomic E-state index is 5.66. The Bertz CT molecular complexity index is 512. The van der Waals surface area contributed by atoms with Crippen LogP contribution in [0.3, 0.4) is 0 Å². The summed E-state index contributed by atoms with van der Waals surface area (Å²) in [6, 6.07) is 8.14. The number of nitrogens with one attached hydrogen (secondary N) is 1. The fourth-order valence-electron chi connectivity index (χ4n) is 1.60. The van der Waals surface area contributed by atoms with E-state index in [-0.39, 0.29) is 6.04 Å². The highest BCUT2D eigenvalue weighted by Gasteiger charge is 2.00. The molecule has 0 aliphatic carbocycles. The summed E-state index contributed by atoms with van der Waals surface area (Å²) in [6.07, 6.45) is 3.96. The van der Waals surface area contributed by atoms with E-state index in [4.69, 9.17) is 10.5 Å². The second-order valence-corrected chi connectivity index (χ2v) is 3.90. The third kappa shape index (κ3) is 2.25. The number of nitrogens with two attached hydrogens (primary N) is 1. The molecule has 2 rings (SSSR count). The maximum Gasteiger partial charge on any atom is 0.120 e. The molecule has 0 amide bonds. The second-order valence-electron chi connectivity index (χ2n) is 3.90. The standard InChI is InChI=1S/C13H16N2O/c1-9(14)3-5-11-7-10-4-6-12(16-2)8-13(10)15-11/h3-9,15H,14H2,1-2H3/b5-3+. The number of benzene rings is 1. The topological polar surface area (TPSA) is 51.0 Å². The summed E-state index contributed by atoms with van der Waals surface area (Å²) >= 11 is 0. The van der Waals surface area contributed by atoms with Gasteiger partial charge in [-0.05, 0) is 31.2 Å². The lowest BCUT2D eigenvalue weighted by Crippen LogP contribution is -2.09. The Morgan fingerprint density at radius 1 is 1.38 bits per heavy atom. The molecule has 3 nitrogen and oxygen atoms in total. The largest absolute Gasteiger partial charge is 0.497 e. The molecule has 0 radical (unpaired) electrons. The van der Waals surface area contributed by atoms with Crippen LogP contribution in [0.2, 0.25) is 0 Å². The molecule has 0 spiro atoms. The smallest absolute Gasteiger partial charge is 0.120 e. The number of rotatable bonds is 3. The second kappa shape index (κ2) is 4.41. The van der Waals surface area contributed by atoms with Crippen LogP contribution in [-0.2, 0) is 0 Å². The molecule has 0 saturated heterocycles. The Kier molecular flexibility index (Phi) is 2.97. The molecule has 1 heterocycles. The van der Waals surface area contributed by atoms with Gasteiger partial charge >= 0.3 is 0 Å². The summed E-state index contributed by atoms with van der Waals surface area (Å²) in [4.78, 5) is 3.30. The molecule has 1 unspecified atom stereocenters. The van der Waals surface area contributed by atoms with E-state index in [1.807, 2.05) is 37.3 Å². The quantitative estimate of drug-likeness (QED) is 0.828. The van der Waals surface area contributed by atoms with E-state index in [2.05, 4.69) is 11.1 Å². The minimum atomic E-state index is 0.0703. The molecular formula is C13H16N2O. The lowest BCUT2D eigenvalue weighted by atomic mass is 10.2. The molecule has 0 bridgehead atoms. The Morgan fingerprint density at radius 2 is 2.19 bits per heavy atom. The van der Waals surface area contributed by atoms with Gasteiger partial charge < -0.3 is 15.5 Å². The molecule has 1 atom stereocenters. The molecule has 1 aromatic heterocycles. The van der Waals surface area contributed by atoms with Gasteiger partial charge in [-0.15, -0.1) is 0 Å². The molecule has 0 aliphatic rings. The van der Waals surface area contributed by atoms with Crippen LogP contribution in [0.15, 0.2) is 30.3 Å². The van der Waals surface area contributed by atoms with Crippen molar-refractivity contribution in [2.45, 2.75) is 13.0 Å². The molecule has 1 aromatic carbocycles. The molecule has 16 heavy (non-hydrogen) atoms. The number of hydrogen-bond donors (Lipinski definition) is 2. The van der Waals surface area contributed by atoms with Gasteiger partial charge in [0.05, 0.1) is 7.11 Å². The van der Waals surface area contributed by atoms with E-state index in [9.17, 15) is 0 Å². The summed E-state index contributed by atoms with van der Waals surface area (Å²) in [6.45, 7) is 1.95. The van der Waals surface area contributed by atoms with Crippen molar-refractivity contribution >= 4 is 17.0 Å². The Morgan fingerprint density at radius 3 is 2.88 bits per heavy atom. The van der Waals surface area contributed by atoms with Crippen molar-refractivity contribution in [1.82, 2.24) is 4.98 Å². The minimum absolute atomic E-state index is 0.0703. The number of hydrogen-bond acceptors (Lipinski definition) is 2. The highest BCUT2D eigenvalue weighted by atomic mass is 16.5. The summed E-state index contributed by atoms with van der Waals surface area (Å²) in [7, 11) is 1.67. The summed E-state index contributed by atoms with van der Waals surface area (Å²) in [5.74, 6) is 0.858. The van der Waals surface area contributed by atoms with Gasteiger partial charge in [0.25, 0.3) is 0 Å². The number of H-pyrrole nitrogens is 1. The highest BCUT2D eigenvalue weighted by Crippen LogP contribution is 2.21. The predicted molar refractivity (Wildman–Crippen MR) is 67.5 cm³/mol. The Balaban J connectivity index is 2.36.